The standard InChI is InChI=1S/C20H21F3N4O5/c1-13(19(29)26(3)4)18(27(12-28)11-17-8-9-24-32-17)25-14(2)30-15-6-5-7-16(10-15)31-20(21,22)23/h5-10,12H,11H2,1-4H3/b18-13-,25-14+. The van der Waals surface area contributed by atoms with Crippen molar-refractivity contribution in [3.8, 4) is 11.5 Å². The number of hydrogen-bond donors (Lipinski definition) is 0. The molecule has 0 saturated heterocycles. The third kappa shape index (κ3) is 7.15. The highest BCUT2D eigenvalue weighted by Crippen LogP contribution is 2.26. The molecule has 0 N–H and O–H groups in total. The molecule has 172 valence electrons. The first kappa shape index (κ1) is 24.4. The van der Waals surface area contributed by atoms with Crippen LogP contribution in [0, 0.1) is 0 Å². The number of ether oxygens (including phenoxy) is 2. The molecule has 0 aliphatic carbocycles. The van der Waals surface area contributed by atoms with E-state index in [0.717, 1.165) is 17.0 Å². The molecule has 12 heteroatoms. The summed E-state index contributed by atoms with van der Waals surface area (Å²) in [4.78, 5) is 30.9. The zero-order valence-corrected chi connectivity index (χ0v) is 17.7. The number of aliphatic imine (C=N–C) groups is 1. The van der Waals surface area contributed by atoms with Gasteiger partial charge >= 0.3 is 6.36 Å². The Kier molecular flexibility index (Phi) is 7.99. The second-order valence-corrected chi connectivity index (χ2v) is 6.62. The number of amides is 2. The highest BCUT2D eigenvalue weighted by atomic mass is 19.4. The van der Waals surface area contributed by atoms with Gasteiger partial charge in [0.2, 0.25) is 6.41 Å². The van der Waals surface area contributed by atoms with E-state index in [2.05, 4.69) is 14.9 Å². The SMILES string of the molecule is C/C(C(=O)N(C)C)=C(\N=C(/C)Oc1cccc(OC(F)(F)F)c1)N(C=O)Cc1ccno1. The van der Waals surface area contributed by atoms with Crippen molar-refractivity contribution < 1.29 is 36.8 Å². The van der Waals surface area contributed by atoms with Crippen molar-refractivity contribution in [3.05, 3.63) is 53.7 Å². The minimum atomic E-state index is -4.85. The monoisotopic (exact) mass is 454 g/mol. The molecule has 0 aliphatic rings. The smallest absolute Gasteiger partial charge is 0.443 e. The van der Waals surface area contributed by atoms with Gasteiger partial charge in [-0.1, -0.05) is 11.2 Å². The Morgan fingerprint density at radius 1 is 1.22 bits per heavy atom. The van der Waals surface area contributed by atoms with Gasteiger partial charge in [-0.15, -0.1) is 13.2 Å². The van der Waals surface area contributed by atoms with Crippen LogP contribution >= 0.6 is 0 Å². The molecule has 32 heavy (non-hydrogen) atoms. The number of nitrogens with zero attached hydrogens (tertiary/aromatic N) is 4. The van der Waals surface area contributed by atoms with Crippen LogP contribution < -0.4 is 9.47 Å². The lowest BCUT2D eigenvalue weighted by Gasteiger charge is -2.21. The van der Waals surface area contributed by atoms with Gasteiger partial charge in [-0.05, 0) is 19.1 Å². The summed E-state index contributed by atoms with van der Waals surface area (Å²) in [6.45, 7) is 2.83. The molecule has 1 heterocycles. The quantitative estimate of drug-likeness (QED) is 0.263. The van der Waals surface area contributed by atoms with E-state index in [-0.39, 0.29) is 29.6 Å². The molecule has 0 radical (unpaired) electrons. The third-order valence-electron chi connectivity index (χ3n) is 3.85. The molecule has 1 aromatic carbocycles. The topological polar surface area (TPSA) is 97.5 Å². The number of carbonyl (C=O) groups is 2. The van der Waals surface area contributed by atoms with Gasteiger partial charge in [0.05, 0.1) is 18.3 Å². The third-order valence-corrected chi connectivity index (χ3v) is 3.85. The van der Waals surface area contributed by atoms with Gasteiger partial charge < -0.3 is 18.9 Å². The van der Waals surface area contributed by atoms with Gasteiger partial charge in [-0.3, -0.25) is 14.5 Å². The summed E-state index contributed by atoms with van der Waals surface area (Å²) >= 11 is 0. The number of rotatable bonds is 8. The van der Waals surface area contributed by atoms with Crippen molar-refractivity contribution in [3.63, 3.8) is 0 Å². The van der Waals surface area contributed by atoms with E-state index in [1.165, 1.54) is 57.2 Å². The average molecular weight is 454 g/mol. The second-order valence-electron chi connectivity index (χ2n) is 6.62. The molecule has 0 aliphatic heterocycles. The van der Waals surface area contributed by atoms with Crippen molar-refractivity contribution in [2.45, 2.75) is 26.8 Å². The lowest BCUT2D eigenvalue weighted by molar-refractivity contribution is -0.274. The molecule has 9 nitrogen and oxygen atoms in total. The molecule has 0 saturated carbocycles. The molecule has 1 aromatic heterocycles. The number of halogens is 3. The fourth-order valence-corrected chi connectivity index (χ4v) is 2.53. The highest BCUT2D eigenvalue weighted by Gasteiger charge is 2.31. The highest BCUT2D eigenvalue weighted by molar-refractivity contribution is 5.94. The van der Waals surface area contributed by atoms with Crippen molar-refractivity contribution in [2.75, 3.05) is 14.1 Å². The summed E-state index contributed by atoms with van der Waals surface area (Å²) in [5.41, 5.74) is 0.124. The van der Waals surface area contributed by atoms with E-state index in [1.54, 1.807) is 0 Å². The molecular weight excluding hydrogens is 433 g/mol. The maximum absolute atomic E-state index is 12.5. The Morgan fingerprint density at radius 3 is 2.47 bits per heavy atom. The Balaban J connectivity index is 2.37. The number of likely N-dealkylation sites (N-methyl/N-ethyl adjacent to an activating group) is 1. The number of hydrogen-bond acceptors (Lipinski definition) is 7. The van der Waals surface area contributed by atoms with Crippen LogP contribution in [0.1, 0.15) is 19.6 Å². The van der Waals surface area contributed by atoms with E-state index in [1.807, 2.05) is 0 Å². The maximum Gasteiger partial charge on any atom is 0.573 e. The van der Waals surface area contributed by atoms with Crippen molar-refractivity contribution >= 4 is 18.2 Å². The van der Waals surface area contributed by atoms with E-state index >= 15 is 0 Å². The summed E-state index contributed by atoms with van der Waals surface area (Å²) in [5.74, 6) is -0.615. The van der Waals surface area contributed by atoms with Gasteiger partial charge in [0, 0.05) is 33.2 Å². The van der Waals surface area contributed by atoms with Crippen LogP contribution in [0.15, 0.2) is 57.4 Å². The minimum Gasteiger partial charge on any atom is -0.443 e. The van der Waals surface area contributed by atoms with E-state index in [4.69, 9.17) is 9.26 Å². The van der Waals surface area contributed by atoms with Gasteiger partial charge in [0.1, 0.15) is 17.3 Å². The first-order chi connectivity index (χ1) is 15.0. The minimum absolute atomic E-state index is 0.0110. The Hall–Kier alpha value is -3.83. The average Bonchev–Trinajstić information content (AvgIpc) is 3.21. The van der Waals surface area contributed by atoms with Crippen molar-refractivity contribution in [1.29, 1.82) is 0 Å². The number of carbonyl (C=O) groups excluding carboxylic acids is 2. The molecule has 2 aromatic rings. The van der Waals surface area contributed by atoms with Crippen molar-refractivity contribution in [2.24, 2.45) is 4.99 Å². The van der Waals surface area contributed by atoms with Crippen LogP contribution in [0.5, 0.6) is 11.5 Å². The van der Waals surface area contributed by atoms with Gasteiger partial charge in [-0.25, -0.2) is 0 Å². The van der Waals surface area contributed by atoms with Crippen molar-refractivity contribution in [1.82, 2.24) is 15.0 Å². The van der Waals surface area contributed by atoms with Crippen LogP contribution in [-0.2, 0) is 16.1 Å². The van der Waals surface area contributed by atoms with Crippen LogP contribution in [0.2, 0.25) is 0 Å². The predicted molar refractivity (Wildman–Crippen MR) is 106 cm³/mol. The van der Waals surface area contributed by atoms with Crippen LogP contribution in [-0.4, -0.2) is 53.6 Å². The molecule has 2 rings (SSSR count). The Labute approximate surface area is 181 Å². The Morgan fingerprint density at radius 2 is 1.91 bits per heavy atom. The van der Waals surface area contributed by atoms with E-state index in [0.29, 0.717) is 12.2 Å². The van der Waals surface area contributed by atoms with Crippen LogP contribution in [0.4, 0.5) is 13.2 Å². The normalized spacial score (nSPS) is 12.7. The van der Waals surface area contributed by atoms with Gasteiger partial charge in [0.25, 0.3) is 5.91 Å². The fraction of sp³-hybridized carbons (Fsp3) is 0.300. The summed E-state index contributed by atoms with van der Waals surface area (Å²) in [7, 11) is 3.06. The molecule has 0 atom stereocenters. The number of aromatic nitrogens is 1. The molecule has 2 amide bonds. The maximum atomic E-state index is 12.5. The number of benzene rings is 1. The van der Waals surface area contributed by atoms with Gasteiger partial charge in [-0.2, -0.15) is 4.99 Å². The molecule has 0 bridgehead atoms. The molecule has 0 fully saturated rings. The molecule has 0 unspecified atom stereocenters. The lowest BCUT2D eigenvalue weighted by atomic mass is 10.2. The van der Waals surface area contributed by atoms with Gasteiger partial charge in [0.15, 0.2) is 11.7 Å². The first-order valence-corrected chi connectivity index (χ1v) is 9.13. The lowest BCUT2D eigenvalue weighted by Crippen LogP contribution is -2.28. The Bertz CT molecular complexity index is 1000. The molecular formula is C20H21F3N4O5. The zero-order chi connectivity index (χ0) is 23.9. The zero-order valence-electron chi connectivity index (χ0n) is 17.7. The first-order valence-electron chi connectivity index (χ1n) is 9.13. The fourth-order valence-electron chi connectivity index (χ4n) is 2.53. The van der Waals surface area contributed by atoms with E-state index < -0.39 is 18.0 Å². The summed E-state index contributed by atoms with van der Waals surface area (Å²) in [5, 5.41) is 3.57. The predicted octanol–water partition coefficient (Wildman–Crippen LogP) is 3.35. The van der Waals surface area contributed by atoms with E-state index in [9.17, 15) is 22.8 Å². The summed E-state index contributed by atoms with van der Waals surface area (Å²) in [6, 6.07) is 6.39. The second kappa shape index (κ2) is 10.5. The summed E-state index contributed by atoms with van der Waals surface area (Å²) < 4.78 is 51.7. The number of alkyl halides is 3. The van der Waals surface area contributed by atoms with Crippen LogP contribution in [0.25, 0.3) is 0 Å². The largest absolute Gasteiger partial charge is 0.573 e. The summed E-state index contributed by atoms with van der Waals surface area (Å²) in [6.07, 6.45) is -3.00. The van der Waals surface area contributed by atoms with Crippen LogP contribution in [0.3, 0.4) is 0 Å². The molecule has 0 spiro atoms.